The Morgan fingerprint density at radius 3 is 2.81 bits per heavy atom. The van der Waals surface area contributed by atoms with Crippen molar-refractivity contribution in [1.29, 1.82) is 0 Å². The molecule has 1 aliphatic rings. The van der Waals surface area contributed by atoms with E-state index in [2.05, 4.69) is 10.6 Å². The molecule has 6 heteroatoms. The van der Waals surface area contributed by atoms with Crippen molar-refractivity contribution in [3.8, 4) is 0 Å². The van der Waals surface area contributed by atoms with E-state index < -0.39 is 5.97 Å². The SMILES string of the molecule is CC1(NC(=O)Nc2ccccc2CCC(=O)O)CCOC1. The number of rotatable bonds is 5. The van der Waals surface area contributed by atoms with Gasteiger partial charge >= 0.3 is 12.0 Å². The van der Waals surface area contributed by atoms with Crippen molar-refractivity contribution in [2.75, 3.05) is 18.5 Å². The Balaban J connectivity index is 1.98. The number of hydrogen-bond acceptors (Lipinski definition) is 3. The molecule has 1 unspecified atom stereocenters. The molecule has 0 aromatic heterocycles. The lowest BCUT2D eigenvalue weighted by atomic mass is 10.0. The van der Waals surface area contributed by atoms with Gasteiger partial charge in [-0.2, -0.15) is 0 Å². The lowest BCUT2D eigenvalue weighted by Crippen LogP contribution is -2.48. The van der Waals surface area contributed by atoms with Gasteiger partial charge in [-0.15, -0.1) is 0 Å². The second kappa shape index (κ2) is 6.58. The minimum Gasteiger partial charge on any atom is -0.481 e. The number of amides is 2. The molecule has 0 bridgehead atoms. The van der Waals surface area contributed by atoms with E-state index in [-0.39, 0.29) is 18.0 Å². The zero-order valence-corrected chi connectivity index (χ0v) is 12.0. The van der Waals surface area contributed by atoms with Gasteiger partial charge in [-0.25, -0.2) is 4.79 Å². The molecule has 1 atom stereocenters. The van der Waals surface area contributed by atoms with E-state index in [1.807, 2.05) is 19.1 Å². The maximum absolute atomic E-state index is 12.1. The van der Waals surface area contributed by atoms with E-state index in [9.17, 15) is 9.59 Å². The number of ether oxygens (including phenoxy) is 1. The molecular weight excluding hydrogens is 272 g/mol. The average molecular weight is 292 g/mol. The van der Waals surface area contributed by atoms with E-state index in [4.69, 9.17) is 9.84 Å². The first-order chi connectivity index (χ1) is 9.98. The number of carboxylic acids is 1. The van der Waals surface area contributed by atoms with Crippen LogP contribution in [0.15, 0.2) is 24.3 Å². The maximum Gasteiger partial charge on any atom is 0.319 e. The fourth-order valence-electron chi connectivity index (χ4n) is 2.30. The summed E-state index contributed by atoms with van der Waals surface area (Å²) in [6.45, 7) is 3.09. The number of urea groups is 1. The van der Waals surface area contributed by atoms with Crippen LogP contribution in [-0.4, -0.2) is 35.9 Å². The number of benzene rings is 1. The number of nitrogens with one attached hydrogen (secondary N) is 2. The number of carbonyl (C=O) groups is 2. The Labute approximate surface area is 123 Å². The van der Waals surface area contributed by atoms with Gasteiger partial charge in [0.25, 0.3) is 0 Å². The summed E-state index contributed by atoms with van der Waals surface area (Å²) in [6.07, 6.45) is 1.19. The first kappa shape index (κ1) is 15.3. The fraction of sp³-hybridized carbons (Fsp3) is 0.467. The molecular formula is C15H20N2O4. The molecule has 2 amide bonds. The van der Waals surface area contributed by atoms with E-state index in [1.165, 1.54) is 0 Å². The lowest BCUT2D eigenvalue weighted by Gasteiger charge is -2.24. The summed E-state index contributed by atoms with van der Waals surface area (Å²) < 4.78 is 5.29. The molecule has 0 spiro atoms. The summed E-state index contributed by atoms with van der Waals surface area (Å²) in [5.41, 5.74) is 1.10. The second-order valence-corrected chi connectivity index (χ2v) is 5.49. The van der Waals surface area contributed by atoms with E-state index in [1.54, 1.807) is 12.1 Å². The van der Waals surface area contributed by atoms with Crippen molar-refractivity contribution < 1.29 is 19.4 Å². The molecule has 0 aliphatic carbocycles. The molecule has 2 rings (SSSR count). The lowest BCUT2D eigenvalue weighted by molar-refractivity contribution is -0.136. The molecule has 1 saturated heterocycles. The molecule has 1 aromatic rings. The normalized spacial score (nSPS) is 21.0. The topological polar surface area (TPSA) is 87.7 Å². The van der Waals surface area contributed by atoms with Crippen LogP contribution in [-0.2, 0) is 16.0 Å². The summed E-state index contributed by atoms with van der Waals surface area (Å²) >= 11 is 0. The van der Waals surface area contributed by atoms with Crippen LogP contribution in [0.3, 0.4) is 0 Å². The standard InChI is InChI=1S/C15H20N2O4/c1-15(8-9-21-10-15)17-14(20)16-12-5-3-2-4-11(12)6-7-13(18)19/h2-5H,6-10H2,1H3,(H,18,19)(H2,16,17,20). The van der Waals surface area contributed by atoms with Crippen LogP contribution in [0.5, 0.6) is 0 Å². The van der Waals surface area contributed by atoms with Crippen LogP contribution >= 0.6 is 0 Å². The minimum absolute atomic E-state index is 0.0336. The van der Waals surface area contributed by atoms with Crippen LogP contribution in [0.4, 0.5) is 10.5 Å². The summed E-state index contributed by atoms with van der Waals surface area (Å²) in [6, 6.07) is 6.92. The monoisotopic (exact) mass is 292 g/mol. The molecule has 1 aliphatic heterocycles. The highest BCUT2D eigenvalue weighted by Crippen LogP contribution is 2.19. The number of carbonyl (C=O) groups excluding carboxylic acids is 1. The summed E-state index contributed by atoms with van der Waals surface area (Å²) in [7, 11) is 0. The third-order valence-corrected chi connectivity index (χ3v) is 3.51. The number of carboxylic acid groups (broad SMARTS) is 1. The Kier molecular flexibility index (Phi) is 4.80. The molecule has 0 saturated carbocycles. The Morgan fingerprint density at radius 2 is 2.14 bits per heavy atom. The molecule has 1 fully saturated rings. The largest absolute Gasteiger partial charge is 0.481 e. The number of aliphatic carboxylic acids is 1. The predicted octanol–water partition coefficient (Wildman–Crippen LogP) is 2.00. The maximum atomic E-state index is 12.1. The smallest absolute Gasteiger partial charge is 0.319 e. The Hall–Kier alpha value is -2.08. The van der Waals surface area contributed by atoms with Crippen molar-refractivity contribution in [2.24, 2.45) is 0 Å². The van der Waals surface area contributed by atoms with Crippen molar-refractivity contribution in [2.45, 2.75) is 31.7 Å². The Bertz CT molecular complexity index is 524. The van der Waals surface area contributed by atoms with E-state index >= 15 is 0 Å². The van der Waals surface area contributed by atoms with Crippen molar-refractivity contribution in [3.63, 3.8) is 0 Å². The molecule has 1 aromatic carbocycles. The number of aryl methyl sites for hydroxylation is 1. The van der Waals surface area contributed by atoms with Crippen LogP contribution in [0.1, 0.15) is 25.3 Å². The fourth-order valence-corrected chi connectivity index (χ4v) is 2.30. The first-order valence-corrected chi connectivity index (χ1v) is 6.95. The van der Waals surface area contributed by atoms with E-state index in [0.29, 0.717) is 25.3 Å². The van der Waals surface area contributed by atoms with Crippen molar-refractivity contribution in [1.82, 2.24) is 5.32 Å². The van der Waals surface area contributed by atoms with Gasteiger partial charge in [-0.05, 0) is 31.4 Å². The van der Waals surface area contributed by atoms with Gasteiger partial charge in [0.2, 0.25) is 0 Å². The minimum atomic E-state index is -0.857. The van der Waals surface area contributed by atoms with E-state index in [0.717, 1.165) is 12.0 Å². The highest BCUT2D eigenvalue weighted by molar-refractivity contribution is 5.90. The molecule has 114 valence electrons. The summed E-state index contributed by atoms with van der Waals surface area (Å²) in [4.78, 5) is 22.7. The second-order valence-electron chi connectivity index (χ2n) is 5.49. The average Bonchev–Trinajstić information content (AvgIpc) is 2.83. The quantitative estimate of drug-likeness (QED) is 0.774. The van der Waals surface area contributed by atoms with Gasteiger partial charge in [0.1, 0.15) is 0 Å². The highest BCUT2D eigenvalue weighted by atomic mass is 16.5. The molecule has 21 heavy (non-hydrogen) atoms. The highest BCUT2D eigenvalue weighted by Gasteiger charge is 2.31. The van der Waals surface area contributed by atoms with Gasteiger partial charge in [-0.1, -0.05) is 18.2 Å². The van der Waals surface area contributed by atoms with Crippen molar-refractivity contribution in [3.05, 3.63) is 29.8 Å². The van der Waals surface area contributed by atoms with Crippen LogP contribution in [0.2, 0.25) is 0 Å². The predicted molar refractivity (Wildman–Crippen MR) is 78.4 cm³/mol. The van der Waals surface area contributed by atoms with Gasteiger partial charge in [0, 0.05) is 18.7 Å². The summed E-state index contributed by atoms with van der Waals surface area (Å²) in [5.74, 6) is -0.857. The van der Waals surface area contributed by atoms with Crippen LogP contribution in [0, 0.1) is 0 Å². The molecule has 0 radical (unpaired) electrons. The van der Waals surface area contributed by atoms with Gasteiger partial charge in [-0.3, -0.25) is 4.79 Å². The van der Waals surface area contributed by atoms with Crippen LogP contribution in [0.25, 0.3) is 0 Å². The zero-order valence-electron chi connectivity index (χ0n) is 12.0. The zero-order chi connectivity index (χ0) is 15.3. The summed E-state index contributed by atoms with van der Waals surface area (Å²) in [5, 5.41) is 14.4. The number of hydrogen-bond donors (Lipinski definition) is 3. The first-order valence-electron chi connectivity index (χ1n) is 6.95. The Morgan fingerprint density at radius 1 is 1.38 bits per heavy atom. The molecule has 1 heterocycles. The molecule has 6 nitrogen and oxygen atoms in total. The number of anilines is 1. The molecule has 3 N–H and O–H groups in total. The third-order valence-electron chi connectivity index (χ3n) is 3.51. The van der Waals surface area contributed by atoms with Crippen molar-refractivity contribution >= 4 is 17.7 Å². The van der Waals surface area contributed by atoms with Crippen LogP contribution < -0.4 is 10.6 Å². The van der Waals surface area contributed by atoms with Gasteiger partial charge in [0.05, 0.1) is 12.1 Å². The number of para-hydroxylation sites is 1. The van der Waals surface area contributed by atoms with Gasteiger partial charge in [0.15, 0.2) is 0 Å². The van der Waals surface area contributed by atoms with Gasteiger partial charge < -0.3 is 20.5 Å². The third kappa shape index (κ3) is 4.46.